The van der Waals surface area contributed by atoms with Gasteiger partial charge < -0.3 is 9.84 Å². The van der Waals surface area contributed by atoms with E-state index in [4.69, 9.17) is 4.74 Å². The number of halogens is 2. The lowest BCUT2D eigenvalue weighted by Gasteiger charge is -2.08. The smallest absolute Gasteiger partial charge is 0.219 e. The molecule has 0 amide bonds. The molecule has 0 spiro atoms. The van der Waals surface area contributed by atoms with Crippen molar-refractivity contribution in [1.82, 2.24) is 4.98 Å². The molecule has 0 saturated heterocycles. The van der Waals surface area contributed by atoms with Crippen molar-refractivity contribution in [2.24, 2.45) is 0 Å². The summed E-state index contributed by atoms with van der Waals surface area (Å²) in [5.74, 6) is -0.142. The lowest BCUT2D eigenvalue weighted by atomic mass is 10.2. The predicted molar refractivity (Wildman–Crippen MR) is 69.0 cm³/mol. The molecule has 94 valence electrons. The van der Waals surface area contributed by atoms with Crippen LogP contribution in [0.5, 0.6) is 11.6 Å². The Morgan fingerprint density at radius 2 is 2.11 bits per heavy atom. The Morgan fingerprint density at radius 1 is 1.33 bits per heavy atom. The molecule has 18 heavy (non-hydrogen) atoms. The molecule has 1 atom stereocenters. The van der Waals surface area contributed by atoms with Crippen LogP contribution in [0.3, 0.4) is 0 Å². The maximum atomic E-state index is 13.6. The third kappa shape index (κ3) is 3.05. The highest BCUT2D eigenvalue weighted by Gasteiger charge is 2.08. The van der Waals surface area contributed by atoms with Crippen LogP contribution in [0.4, 0.5) is 4.39 Å². The number of nitrogens with zero attached hydrogens (tertiary/aromatic N) is 1. The fourth-order valence-corrected chi connectivity index (χ4v) is 1.74. The topological polar surface area (TPSA) is 42.4 Å². The molecule has 1 heterocycles. The third-order valence-corrected chi connectivity index (χ3v) is 2.84. The van der Waals surface area contributed by atoms with E-state index in [9.17, 15) is 9.50 Å². The zero-order valence-electron chi connectivity index (χ0n) is 9.60. The monoisotopic (exact) mass is 311 g/mol. The van der Waals surface area contributed by atoms with Crippen LogP contribution >= 0.6 is 15.9 Å². The highest BCUT2D eigenvalue weighted by Crippen LogP contribution is 2.26. The number of hydrogen-bond acceptors (Lipinski definition) is 3. The van der Waals surface area contributed by atoms with Gasteiger partial charge in [0.15, 0.2) is 11.6 Å². The van der Waals surface area contributed by atoms with Crippen LogP contribution in [-0.4, -0.2) is 10.1 Å². The highest BCUT2D eigenvalue weighted by atomic mass is 79.9. The van der Waals surface area contributed by atoms with E-state index in [-0.39, 0.29) is 11.6 Å². The summed E-state index contributed by atoms with van der Waals surface area (Å²) < 4.78 is 19.5. The molecule has 1 N–H and O–H groups in total. The quantitative estimate of drug-likeness (QED) is 0.936. The maximum absolute atomic E-state index is 13.6. The summed E-state index contributed by atoms with van der Waals surface area (Å²) in [6.45, 7) is 1.64. The number of benzene rings is 1. The summed E-state index contributed by atoms with van der Waals surface area (Å²) in [6.07, 6.45) is 0.888. The molecular weight excluding hydrogens is 301 g/mol. The molecule has 0 aliphatic rings. The summed E-state index contributed by atoms with van der Waals surface area (Å²) in [6, 6.07) is 7.75. The fraction of sp³-hybridized carbons (Fsp3) is 0.154. The number of aliphatic hydroxyl groups is 1. The molecule has 0 aliphatic heterocycles. The van der Waals surface area contributed by atoms with Crippen molar-refractivity contribution in [3.8, 4) is 11.6 Å². The van der Waals surface area contributed by atoms with Crippen LogP contribution in [-0.2, 0) is 0 Å². The summed E-state index contributed by atoms with van der Waals surface area (Å²) in [5, 5.41) is 9.44. The van der Waals surface area contributed by atoms with Crippen molar-refractivity contribution in [3.63, 3.8) is 0 Å². The van der Waals surface area contributed by atoms with Gasteiger partial charge in [0.1, 0.15) is 0 Å². The maximum Gasteiger partial charge on any atom is 0.219 e. The molecule has 0 unspecified atom stereocenters. The van der Waals surface area contributed by atoms with Gasteiger partial charge in [0.05, 0.1) is 6.10 Å². The largest absolute Gasteiger partial charge is 0.436 e. The van der Waals surface area contributed by atoms with Gasteiger partial charge >= 0.3 is 0 Å². The van der Waals surface area contributed by atoms with Crippen molar-refractivity contribution >= 4 is 15.9 Å². The van der Waals surface area contributed by atoms with Gasteiger partial charge in [-0.3, -0.25) is 0 Å². The minimum absolute atomic E-state index is 0.0912. The first-order valence-electron chi connectivity index (χ1n) is 5.33. The molecule has 0 radical (unpaired) electrons. The molecule has 0 bridgehead atoms. The normalized spacial score (nSPS) is 12.2. The van der Waals surface area contributed by atoms with Gasteiger partial charge in [0.25, 0.3) is 0 Å². The van der Waals surface area contributed by atoms with Crippen molar-refractivity contribution in [2.75, 3.05) is 0 Å². The molecule has 5 heteroatoms. The van der Waals surface area contributed by atoms with Crippen molar-refractivity contribution < 1.29 is 14.2 Å². The van der Waals surface area contributed by atoms with E-state index in [1.165, 1.54) is 18.3 Å². The van der Waals surface area contributed by atoms with Gasteiger partial charge in [-0.2, -0.15) is 0 Å². The molecule has 0 saturated carbocycles. The van der Waals surface area contributed by atoms with Crippen LogP contribution in [0.2, 0.25) is 0 Å². The average Bonchev–Trinajstić information content (AvgIpc) is 2.33. The Labute approximate surface area is 112 Å². The molecule has 1 aromatic carbocycles. The van der Waals surface area contributed by atoms with E-state index >= 15 is 0 Å². The molecule has 1 aromatic heterocycles. The van der Waals surface area contributed by atoms with Crippen molar-refractivity contribution in [1.29, 1.82) is 0 Å². The number of rotatable bonds is 3. The first-order valence-corrected chi connectivity index (χ1v) is 6.12. The predicted octanol–water partition coefficient (Wildman–Crippen LogP) is 3.83. The second-order valence-corrected chi connectivity index (χ2v) is 4.70. The SMILES string of the molecule is C[C@H](O)c1ccnc(Oc2ccc(Br)cc2F)c1. The summed E-state index contributed by atoms with van der Waals surface area (Å²) >= 11 is 3.17. The molecule has 3 nitrogen and oxygen atoms in total. The summed E-state index contributed by atoms with van der Waals surface area (Å²) in [5.41, 5.74) is 0.664. The zero-order valence-corrected chi connectivity index (χ0v) is 11.2. The minimum atomic E-state index is -0.620. The van der Waals surface area contributed by atoms with Crippen LogP contribution in [0, 0.1) is 5.82 Å². The first-order chi connectivity index (χ1) is 8.56. The Bertz CT molecular complexity index is 560. The van der Waals surface area contributed by atoms with Crippen LogP contribution < -0.4 is 4.74 Å². The summed E-state index contributed by atoms with van der Waals surface area (Å²) in [4.78, 5) is 3.97. The molecule has 0 fully saturated rings. The van der Waals surface area contributed by atoms with E-state index in [2.05, 4.69) is 20.9 Å². The van der Waals surface area contributed by atoms with Gasteiger partial charge in [-0.25, -0.2) is 9.37 Å². The van der Waals surface area contributed by atoms with Gasteiger partial charge in [0.2, 0.25) is 5.88 Å². The molecule has 2 aromatic rings. The van der Waals surface area contributed by atoms with Crippen molar-refractivity contribution in [2.45, 2.75) is 13.0 Å². The van der Waals surface area contributed by atoms with E-state index in [1.807, 2.05) is 0 Å². The lowest BCUT2D eigenvalue weighted by molar-refractivity contribution is 0.198. The number of ether oxygens (including phenoxy) is 1. The minimum Gasteiger partial charge on any atom is -0.436 e. The van der Waals surface area contributed by atoms with Gasteiger partial charge in [-0.15, -0.1) is 0 Å². The van der Waals surface area contributed by atoms with E-state index < -0.39 is 11.9 Å². The van der Waals surface area contributed by atoms with Gasteiger partial charge in [-0.05, 0) is 36.8 Å². The third-order valence-electron chi connectivity index (χ3n) is 2.35. The highest BCUT2D eigenvalue weighted by molar-refractivity contribution is 9.10. The Kier molecular flexibility index (Phi) is 3.93. The number of aliphatic hydroxyl groups excluding tert-OH is 1. The summed E-state index contributed by atoms with van der Waals surface area (Å²) in [7, 11) is 0. The Balaban J connectivity index is 2.25. The first kappa shape index (κ1) is 13.0. The number of aromatic nitrogens is 1. The Morgan fingerprint density at radius 3 is 2.78 bits per heavy atom. The Hall–Kier alpha value is -1.46. The molecule has 2 rings (SSSR count). The van der Waals surface area contributed by atoms with Gasteiger partial charge in [0, 0.05) is 16.7 Å². The fourth-order valence-electron chi connectivity index (χ4n) is 1.41. The van der Waals surface area contributed by atoms with E-state index in [1.54, 1.807) is 25.1 Å². The lowest BCUT2D eigenvalue weighted by Crippen LogP contribution is -1.95. The van der Waals surface area contributed by atoms with E-state index in [0.29, 0.717) is 10.0 Å². The molecule has 0 aliphatic carbocycles. The van der Waals surface area contributed by atoms with Crippen LogP contribution in [0.1, 0.15) is 18.6 Å². The van der Waals surface area contributed by atoms with Gasteiger partial charge in [-0.1, -0.05) is 15.9 Å². The molecular formula is C13H11BrFNO2. The van der Waals surface area contributed by atoms with Crippen LogP contribution in [0.15, 0.2) is 41.0 Å². The van der Waals surface area contributed by atoms with Crippen molar-refractivity contribution in [3.05, 3.63) is 52.4 Å². The second kappa shape index (κ2) is 5.46. The number of pyridine rings is 1. The number of hydrogen-bond donors (Lipinski definition) is 1. The zero-order chi connectivity index (χ0) is 13.1. The second-order valence-electron chi connectivity index (χ2n) is 3.78. The van der Waals surface area contributed by atoms with E-state index in [0.717, 1.165) is 0 Å². The average molecular weight is 312 g/mol. The van der Waals surface area contributed by atoms with Crippen LogP contribution in [0.25, 0.3) is 0 Å². The standard InChI is InChI=1S/C13H11BrFNO2/c1-8(17)9-4-5-16-13(6-9)18-12-3-2-10(14)7-11(12)15/h2-8,17H,1H3/t8-/m0/s1.